The van der Waals surface area contributed by atoms with E-state index >= 15 is 0 Å². The van der Waals surface area contributed by atoms with Crippen LogP contribution in [-0.2, 0) is 5.60 Å². The molecule has 0 radical (unpaired) electrons. The predicted molar refractivity (Wildman–Crippen MR) is 102 cm³/mol. The normalized spacial score (nSPS) is 21.5. The number of aromatic nitrogens is 2. The summed E-state index contributed by atoms with van der Waals surface area (Å²) in [6.45, 7) is -0.187. The van der Waals surface area contributed by atoms with Gasteiger partial charge >= 0.3 is 0 Å². The van der Waals surface area contributed by atoms with Gasteiger partial charge in [-0.25, -0.2) is 8.78 Å². The first kappa shape index (κ1) is 18.7. The Morgan fingerprint density at radius 2 is 1.39 bits per heavy atom. The van der Waals surface area contributed by atoms with Gasteiger partial charge in [0.2, 0.25) is 0 Å². The number of nitrogens with zero attached hydrogens (tertiary/aromatic N) is 3. The Morgan fingerprint density at radius 1 is 0.857 bits per heavy atom. The second kappa shape index (κ2) is 7.73. The van der Waals surface area contributed by atoms with E-state index < -0.39 is 24.0 Å². The fourth-order valence-electron chi connectivity index (χ4n) is 3.97. The Hall–Kier alpha value is -2.70. The van der Waals surface area contributed by atoms with Gasteiger partial charge in [-0.15, -0.1) is 0 Å². The van der Waals surface area contributed by atoms with E-state index in [-0.39, 0.29) is 13.1 Å². The van der Waals surface area contributed by atoms with Gasteiger partial charge in [0.1, 0.15) is 17.9 Å². The molecule has 1 N–H and O–H groups in total. The lowest BCUT2D eigenvalue weighted by atomic mass is 9.77. The van der Waals surface area contributed by atoms with E-state index in [1.165, 1.54) is 0 Å². The van der Waals surface area contributed by atoms with Gasteiger partial charge in [0.05, 0.1) is 6.04 Å². The summed E-state index contributed by atoms with van der Waals surface area (Å²) in [5.74, 6) is 0. The first-order valence-electron chi connectivity index (χ1n) is 9.21. The fraction of sp³-hybridized carbons (Fsp3) is 0.273. The molecule has 4 nitrogen and oxygen atoms in total. The first-order valence-corrected chi connectivity index (χ1v) is 9.21. The molecule has 1 fully saturated rings. The summed E-state index contributed by atoms with van der Waals surface area (Å²) in [6.07, 6.45) is 3.24. The average molecular weight is 381 g/mol. The molecule has 3 heterocycles. The second-order valence-electron chi connectivity index (χ2n) is 7.05. The number of rotatable bonds is 5. The maximum atomic E-state index is 14.1. The first-order chi connectivity index (χ1) is 13.6. The number of likely N-dealkylation sites (tertiary alicyclic amines) is 1. The highest BCUT2D eigenvalue weighted by Crippen LogP contribution is 2.45. The van der Waals surface area contributed by atoms with Crippen LogP contribution in [0.15, 0.2) is 79.4 Å². The standard InChI is InChI=1S/C22H21F2N3O/c23-19-14-27(15-20(19)24)21(16-6-2-1-3-7-16)22(28,17-8-4-10-25-12-17)18-9-5-11-26-13-18/h1-13,19-21,28H,14-15H2. The van der Waals surface area contributed by atoms with Gasteiger partial charge in [-0.1, -0.05) is 42.5 Å². The van der Waals surface area contributed by atoms with Crippen molar-refractivity contribution in [1.29, 1.82) is 0 Å². The highest BCUT2D eigenvalue weighted by molar-refractivity contribution is 5.39. The molecular weight excluding hydrogens is 360 g/mol. The molecular formula is C22H21F2N3O. The van der Waals surface area contributed by atoms with Crippen LogP contribution in [0.25, 0.3) is 0 Å². The van der Waals surface area contributed by atoms with E-state index in [2.05, 4.69) is 9.97 Å². The number of aliphatic hydroxyl groups is 1. The lowest BCUT2D eigenvalue weighted by Gasteiger charge is -2.42. The molecule has 0 amide bonds. The molecule has 0 bridgehead atoms. The van der Waals surface area contributed by atoms with Gasteiger partial charge in [0.25, 0.3) is 0 Å². The quantitative estimate of drug-likeness (QED) is 0.736. The molecule has 144 valence electrons. The smallest absolute Gasteiger partial charge is 0.145 e. The number of halogens is 2. The van der Waals surface area contributed by atoms with Crippen molar-refractivity contribution in [1.82, 2.24) is 14.9 Å². The minimum Gasteiger partial charge on any atom is -0.378 e. The van der Waals surface area contributed by atoms with Gasteiger partial charge < -0.3 is 5.11 Å². The fourth-order valence-corrected chi connectivity index (χ4v) is 3.97. The van der Waals surface area contributed by atoms with Crippen LogP contribution in [0.3, 0.4) is 0 Å². The van der Waals surface area contributed by atoms with Crippen molar-refractivity contribution >= 4 is 0 Å². The Labute approximate surface area is 162 Å². The van der Waals surface area contributed by atoms with E-state index in [0.29, 0.717) is 11.1 Å². The SMILES string of the molecule is OC(c1cccnc1)(c1cccnc1)C(c1ccccc1)N1CC(F)C(F)C1. The van der Waals surface area contributed by atoms with E-state index in [4.69, 9.17) is 0 Å². The molecule has 6 heteroatoms. The van der Waals surface area contributed by atoms with E-state index in [1.54, 1.807) is 54.0 Å². The second-order valence-corrected chi connectivity index (χ2v) is 7.05. The summed E-state index contributed by atoms with van der Waals surface area (Å²) >= 11 is 0. The van der Waals surface area contributed by atoms with E-state index in [1.807, 2.05) is 30.3 Å². The minimum atomic E-state index is -1.59. The molecule has 0 saturated carbocycles. The van der Waals surface area contributed by atoms with Crippen molar-refractivity contribution in [2.24, 2.45) is 0 Å². The van der Waals surface area contributed by atoms with Crippen LogP contribution in [0.2, 0.25) is 0 Å². The summed E-state index contributed by atoms with van der Waals surface area (Å²) < 4.78 is 28.2. The van der Waals surface area contributed by atoms with Gasteiger partial charge in [-0.05, 0) is 17.7 Å². The van der Waals surface area contributed by atoms with Crippen LogP contribution in [0.1, 0.15) is 22.7 Å². The topological polar surface area (TPSA) is 49.3 Å². The van der Waals surface area contributed by atoms with Crippen LogP contribution in [0, 0.1) is 0 Å². The zero-order valence-electron chi connectivity index (χ0n) is 15.2. The molecule has 1 aliphatic rings. The summed E-state index contributed by atoms with van der Waals surface area (Å²) in [5.41, 5.74) is 0.247. The van der Waals surface area contributed by atoms with Crippen LogP contribution in [0.4, 0.5) is 8.78 Å². The summed E-state index contributed by atoms with van der Waals surface area (Å²) in [6, 6.07) is 15.6. The molecule has 1 aliphatic heterocycles. The van der Waals surface area contributed by atoms with Gasteiger partial charge in [-0.3, -0.25) is 14.9 Å². The van der Waals surface area contributed by atoms with Gasteiger partial charge in [0.15, 0.2) is 0 Å². The summed E-state index contributed by atoms with van der Waals surface area (Å²) in [5, 5.41) is 12.1. The number of pyridine rings is 2. The summed E-state index contributed by atoms with van der Waals surface area (Å²) in [4.78, 5) is 9.99. The molecule has 2 aromatic heterocycles. The Morgan fingerprint density at radius 3 is 1.86 bits per heavy atom. The lowest BCUT2D eigenvalue weighted by Crippen LogP contribution is -2.45. The number of hydrogen-bond acceptors (Lipinski definition) is 4. The van der Waals surface area contributed by atoms with Crippen LogP contribution < -0.4 is 0 Å². The predicted octanol–water partition coefficient (Wildman–Crippen LogP) is 3.45. The number of hydrogen-bond donors (Lipinski definition) is 1. The monoisotopic (exact) mass is 381 g/mol. The van der Waals surface area contributed by atoms with Gasteiger partial charge in [-0.2, -0.15) is 0 Å². The van der Waals surface area contributed by atoms with Crippen LogP contribution in [0.5, 0.6) is 0 Å². The highest BCUT2D eigenvalue weighted by Gasteiger charge is 2.48. The Kier molecular flexibility index (Phi) is 5.15. The third-order valence-electron chi connectivity index (χ3n) is 5.29. The molecule has 1 saturated heterocycles. The van der Waals surface area contributed by atoms with Crippen LogP contribution in [-0.4, -0.2) is 45.4 Å². The van der Waals surface area contributed by atoms with Crippen LogP contribution >= 0.6 is 0 Å². The maximum absolute atomic E-state index is 14.1. The van der Waals surface area contributed by atoms with Crippen molar-refractivity contribution in [2.75, 3.05) is 13.1 Å². The maximum Gasteiger partial charge on any atom is 0.145 e. The summed E-state index contributed by atoms with van der Waals surface area (Å²) in [7, 11) is 0. The van der Waals surface area contributed by atoms with Crippen molar-refractivity contribution in [3.8, 4) is 0 Å². The Balaban J connectivity index is 1.92. The third kappa shape index (κ3) is 3.30. The average Bonchev–Trinajstić information content (AvgIpc) is 3.08. The third-order valence-corrected chi connectivity index (χ3v) is 5.29. The van der Waals surface area contributed by atoms with E-state index in [9.17, 15) is 13.9 Å². The molecule has 3 aromatic rings. The molecule has 3 atom stereocenters. The lowest BCUT2D eigenvalue weighted by molar-refractivity contribution is -0.0180. The molecule has 3 unspecified atom stereocenters. The zero-order valence-corrected chi connectivity index (χ0v) is 15.2. The molecule has 28 heavy (non-hydrogen) atoms. The minimum absolute atomic E-state index is 0.0937. The molecule has 0 spiro atoms. The number of benzene rings is 1. The van der Waals surface area contributed by atoms with E-state index in [0.717, 1.165) is 5.56 Å². The molecule has 4 rings (SSSR count). The Bertz CT molecular complexity index is 846. The number of alkyl halides is 2. The van der Waals surface area contributed by atoms with Crippen molar-refractivity contribution in [3.63, 3.8) is 0 Å². The molecule has 0 aliphatic carbocycles. The largest absolute Gasteiger partial charge is 0.378 e. The zero-order chi connectivity index (χ0) is 19.6. The van der Waals surface area contributed by atoms with Gasteiger partial charge in [0, 0.05) is 49.0 Å². The van der Waals surface area contributed by atoms with Crippen molar-refractivity contribution in [2.45, 2.75) is 24.0 Å². The highest BCUT2D eigenvalue weighted by atomic mass is 19.2. The van der Waals surface area contributed by atoms with Crippen molar-refractivity contribution in [3.05, 3.63) is 96.1 Å². The molecule has 1 aromatic carbocycles. The van der Waals surface area contributed by atoms with Crippen molar-refractivity contribution < 1.29 is 13.9 Å².